The minimum Gasteiger partial charge on any atom is -0.342 e. The van der Waals surface area contributed by atoms with E-state index in [4.69, 9.17) is 11.6 Å². The molecule has 2 aliphatic rings. The summed E-state index contributed by atoms with van der Waals surface area (Å²) in [5.74, 6) is 0.338. The molecule has 3 heterocycles. The first-order valence-corrected chi connectivity index (χ1v) is 13.6. The number of rotatable bonds is 3. The van der Waals surface area contributed by atoms with E-state index >= 15 is 0 Å². The molecule has 3 aromatic rings. The topological polar surface area (TPSA) is 68.5 Å². The van der Waals surface area contributed by atoms with Crippen molar-refractivity contribution >= 4 is 49.4 Å². The molecular weight excluding hydrogens is 598 g/mol. The molecule has 0 bridgehead atoms. The summed E-state index contributed by atoms with van der Waals surface area (Å²) in [6.45, 7) is 1.34. The number of carbonyl (C=O) groups is 1. The van der Waals surface area contributed by atoms with Gasteiger partial charge in [-0.2, -0.15) is 0 Å². The van der Waals surface area contributed by atoms with Crippen LogP contribution in [-0.2, 0) is 24.1 Å². The molecule has 1 atom stereocenters. The maximum absolute atomic E-state index is 13.0. The van der Waals surface area contributed by atoms with Gasteiger partial charge in [-0.25, -0.2) is 0 Å². The molecule has 2 N–H and O–H groups in total. The predicted octanol–water partition coefficient (Wildman–Crippen LogP) is 4.63. The number of hydrogen-bond acceptors (Lipinski definition) is 3. The van der Waals surface area contributed by atoms with Gasteiger partial charge in [-0.1, -0.05) is 27.5 Å². The lowest BCUT2D eigenvalue weighted by atomic mass is 9.76. The number of likely N-dealkylation sites (tertiary alicyclic amines) is 1. The van der Waals surface area contributed by atoms with Crippen LogP contribution < -0.4 is 9.46 Å². The van der Waals surface area contributed by atoms with E-state index in [2.05, 4.69) is 37.9 Å². The average Bonchev–Trinajstić information content (AvgIpc) is 2.98. The van der Waals surface area contributed by atoms with Crippen LogP contribution in [0.1, 0.15) is 46.7 Å². The molecule has 2 aromatic heterocycles. The number of fused-ring (bicyclic) bond motifs is 2. The minimum absolute atomic E-state index is 0.0152. The van der Waals surface area contributed by atoms with Gasteiger partial charge in [-0.05, 0) is 82.4 Å². The molecule has 0 unspecified atom stereocenters. The monoisotopic (exact) mass is 621 g/mol. The standard InChI is InChI=1S/C26H26Br2ClN3O3/c27-20-12-19-2-1-18-13-21(29)14-22(28)24(18)25(26(19)32(35)15-20)17-5-7-30(8-6-17)23(33)11-16-3-9-31(34)10-4-16/h3-4,9-10,12-15,17,25,34-35H,1-2,5-8,11H2/q+2/t25-/m0/s1. The second kappa shape index (κ2) is 10.1. The highest BCUT2D eigenvalue weighted by Gasteiger charge is 2.41. The van der Waals surface area contributed by atoms with E-state index < -0.39 is 0 Å². The molecule has 1 saturated heterocycles. The average molecular weight is 624 g/mol. The third-order valence-corrected chi connectivity index (χ3v) is 8.49. The van der Waals surface area contributed by atoms with E-state index in [0.29, 0.717) is 24.5 Å². The molecule has 6 nitrogen and oxygen atoms in total. The van der Waals surface area contributed by atoms with Crippen LogP contribution in [0.2, 0.25) is 5.02 Å². The first kappa shape index (κ1) is 24.5. The Hall–Kier alpha value is -2.16. The van der Waals surface area contributed by atoms with Gasteiger partial charge in [0.15, 0.2) is 0 Å². The fourth-order valence-corrected chi connectivity index (χ4v) is 7.14. The molecule has 1 aliphatic heterocycles. The molecular formula is C26H26Br2ClN3O3+2. The number of hydrogen-bond donors (Lipinski definition) is 2. The fourth-order valence-electron chi connectivity index (χ4n) is 5.55. The smallest absolute Gasteiger partial charge is 0.245 e. The van der Waals surface area contributed by atoms with Crippen LogP contribution >= 0.6 is 43.5 Å². The van der Waals surface area contributed by atoms with Crippen LogP contribution in [0.5, 0.6) is 0 Å². The third kappa shape index (κ3) is 5.06. The van der Waals surface area contributed by atoms with Crippen molar-refractivity contribution in [2.75, 3.05) is 13.1 Å². The summed E-state index contributed by atoms with van der Waals surface area (Å²) >= 11 is 13.7. The van der Waals surface area contributed by atoms with Crippen LogP contribution in [0.3, 0.4) is 0 Å². The van der Waals surface area contributed by atoms with Crippen molar-refractivity contribution in [1.29, 1.82) is 0 Å². The zero-order valence-electron chi connectivity index (χ0n) is 19.0. The highest BCUT2D eigenvalue weighted by molar-refractivity contribution is 9.10. The fraction of sp³-hybridized carbons (Fsp3) is 0.346. The summed E-state index contributed by atoms with van der Waals surface area (Å²) < 4.78 is 4.05. The molecule has 1 amide bonds. The highest BCUT2D eigenvalue weighted by atomic mass is 79.9. The number of amides is 1. The maximum atomic E-state index is 13.0. The molecule has 0 radical (unpaired) electrons. The van der Waals surface area contributed by atoms with Crippen molar-refractivity contribution in [3.8, 4) is 0 Å². The summed E-state index contributed by atoms with van der Waals surface area (Å²) in [7, 11) is 0. The molecule has 1 aromatic carbocycles. The van der Waals surface area contributed by atoms with E-state index in [-0.39, 0.29) is 17.7 Å². The van der Waals surface area contributed by atoms with Crippen LogP contribution in [0.4, 0.5) is 0 Å². The van der Waals surface area contributed by atoms with Gasteiger partial charge in [0, 0.05) is 49.7 Å². The number of carbonyl (C=O) groups excluding carboxylic acids is 1. The number of benzene rings is 1. The summed E-state index contributed by atoms with van der Waals surface area (Å²) in [4.78, 5) is 14.9. The van der Waals surface area contributed by atoms with E-state index in [9.17, 15) is 15.2 Å². The number of pyridine rings is 2. The largest absolute Gasteiger partial charge is 0.342 e. The van der Waals surface area contributed by atoms with Crippen molar-refractivity contribution in [1.82, 2.24) is 4.90 Å². The Morgan fingerprint density at radius 3 is 2.46 bits per heavy atom. The number of aromatic nitrogens is 2. The second-order valence-corrected chi connectivity index (χ2v) is 11.5. The Morgan fingerprint density at radius 1 is 1.06 bits per heavy atom. The Labute approximate surface area is 225 Å². The van der Waals surface area contributed by atoms with Gasteiger partial charge in [0.2, 0.25) is 30.2 Å². The van der Waals surface area contributed by atoms with Gasteiger partial charge in [-0.15, -0.1) is 0 Å². The SMILES string of the molecule is O=C(Cc1cc[n+](O)cc1)N1CCC([C@H]2c3c(Br)cc(Cl)cc3CCc3cc(Br)c[n+](O)c32)CC1. The quantitative estimate of drug-likeness (QED) is 0.331. The van der Waals surface area contributed by atoms with Crippen LogP contribution in [0, 0.1) is 5.92 Å². The second-order valence-electron chi connectivity index (χ2n) is 9.33. The zero-order chi connectivity index (χ0) is 24.7. The van der Waals surface area contributed by atoms with Gasteiger partial charge >= 0.3 is 0 Å². The van der Waals surface area contributed by atoms with E-state index in [0.717, 1.165) is 56.2 Å². The third-order valence-electron chi connectivity index (χ3n) is 7.18. The van der Waals surface area contributed by atoms with E-state index in [1.807, 2.05) is 17.0 Å². The lowest BCUT2D eigenvalue weighted by Crippen LogP contribution is -2.44. The van der Waals surface area contributed by atoms with Crippen molar-refractivity contribution in [2.45, 2.75) is 38.0 Å². The molecule has 182 valence electrons. The van der Waals surface area contributed by atoms with E-state index in [1.165, 1.54) is 28.3 Å². The number of nitrogens with zero attached hydrogens (tertiary/aromatic N) is 3. The first-order chi connectivity index (χ1) is 16.8. The van der Waals surface area contributed by atoms with Gasteiger partial charge in [0.05, 0.1) is 16.8 Å². The maximum Gasteiger partial charge on any atom is 0.245 e. The van der Waals surface area contributed by atoms with Gasteiger partial charge in [0.25, 0.3) is 0 Å². The van der Waals surface area contributed by atoms with Crippen LogP contribution in [-0.4, -0.2) is 34.3 Å². The number of aryl methyl sites for hydroxylation is 2. The normalized spacial score (nSPS) is 18.0. The van der Waals surface area contributed by atoms with Crippen LogP contribution in [0.15, 0.2) is 57.9 Å². The Kier molecular flexibility index (Phi) is 7.06. The minimum atomic E-state index is -0.0152. The Morgan fingerprint density at radius 2 is 1.74 bits per heavy atom. The summed E-state index contributed by atoms with van der Waals surface area (Å²) in [5.41, 5.74) is 5.30. The molecule has 0 spiro atoms. The molecule has 9 heteroatoms. The van der Waals surface area contributed by atoms with Crippen molar-refractivity contribution < 1.29 is 24.7 Å². The summed E-state index contributed by atoms with van der Waals surface area (Å²) in [6.07, 6.45) is 8.41. The van der Waals surface area contributed by atoms with Crippen molar-refractivity contribution in [3.63, 3.8) is 0 Å². The van der Waals surface area contributed by atoms with Gasteiger partial charge < -0.3 is 4.90 Å². The predicted molar refractivity (Wildman–Crippen MR) is 137 cm³/mol. The zero-order valence-corrected chi connectivity index (χ0v) is 22.9. The Bertz CT molecular complexity index is 1220. The lowest BCUT2D eigenvalue weighted by Gasteiger charge is -2.36. The van der Waals surface area contributed by atoms with Crippen LogP contribution in [0.25, 0.3) is 0 Å². The Balaban J connectivity index is 1.43. The molecule has 5 rings (SSSR count). The summed E-state index contributed by atoms with van der Waals surface area (Å²) in [6, 6.07) is 9.60. The summed E-state index contributed by atoms with van der Waals surface area (Å²) in [5, 5.41) is 21.1. The van der Waals surface area contributed by atoms with Gasteiger partial charge in [0.1, 0.15) is 0 Å². The molecule has 1 aliphatic carbocycles. The van der Waals surface area contributed by atoms with E-state index in [1.54, 1.807) is 18.3 Å². The number of piperidine rings is 1. The molecule has 0 saturated carbocycles. The lowest BCUT2D eigenvalue weighted by molar-refractivity contribution is -0.911. The van der Waals surface area contributed by atoms with Crippen molar-refractivity contribution in [3.05, 3.63) is 90.8 Å². The number of halogens is 3. The molecule has 35 heavy (non-hydrogen) atoms. The molecule has 1 fully saturated rings. The van der Waals surface area contributed by atoms with Crippen molar-refractivity contribution in [2.24, 2.45) is 5.92 Å². The highest BCUT2D eigenvalue weighted by Crippen LogP contribution is 2.45. The first-order valence-electron chi connectivity index (χ1n) is 11.7. The van der Waals surface area contributed by atoms with Gasteiger partial charge in [-0.3, -0.25) is 15.2 Å².